The molecule has 1 atom stereocenters. The highest BCUT2D eigenvalue weighted by atomic mass is 15.1. The van der Waals surface area contributed by atoms with Crippen molar-refractivity contribution in [3.63, 3.8) is 0 Å². The lowest BCUT2D eigenvalue weighted by atomic mass is 10.1. The van der Waals surface area contributed by atoms with Gasteiger partial charge in [0.05, 0.1) is 6.54 Å². The third kappa shape index (κ3) is 3.71. The van der Waals surface area contributed by atoms with Gasteiger partial charge in [-0.15, -0.1) is 6.42 Å². The van der Waals surface area contributed by atoms with Crippen LogP contribution in [0.25, 0.3) is 0 Å². The standard InChI is InChI=1S/C18H19N/c1-3-14-19(15-17-10-6-4-7-11-17)16(2)18-12-8-5-9-13-18/h1,4-13,16H,14-15H2,2H3/t16-/m0/s1. The van der Waals surface area contributed by atoms with Gasteiger partial charge in [0, 0.05) is 12.6 Å². The van der Waals surface area contributed by atoms with Crippen molar-refractivity contribution in [1.82, 2.24) is 4.90 Å². The molecule has 0 saturated carbocycles. The molecule has 0 spiro atoms. The Morgan fingerprint density at radius 2 is 1.58 bits per heavy atom. The quantitative estimate of drug-likeness (QED) is 0.727. The fraction of sp³-hybridized carbons (Fsp3) is 0.222. The van der Waals surface area contributed by atoms with Crippen molar-refractivity contribution in [2.45, 2.75) is 19.5 Å². The molecule has 0 N–H and O–H groups in total. The zero-order chi connectivity index (χ0) is 13.5. The molecular formula is C18H19N. The Bertz CT molecular complexity index is 525. The van der Waals surface area contributed by atoms with Gasteiger partial charge >= 0.3 is 0 Å². The summed E-state index contributed by atoms with van der Waals surface area (Å²) in [5.41, 5.74) is 2.59. The van der Waals surface area contributed by atoms with E-state index in [1.165, 1.54) is 11.1 Å². The molecule has 0 saturated heterocycles. The van der Waals surface area contributed by atoms with Gasteiger partial charge < -0.3 is 0 Å². The van der Waals surface area contributed by atoms with Crippen molar-refractivity contribution in [3.05, 3.63) is 71.8 Å². The van der Waals surface area contributed by atoms with Crippen molar-refractivity contribution in [3.8, 4) is 12.3 Å². The maximum Gasteiger partial charge on any atom is 0.0607 e. The van der Waals surface area contributed by atoms with Gasteiger partial charge in [0.2, 0.25) is 0 Å². The lowest BCUT2D eigenvalue weighted by Gasteiger charge is -2.27. The second kappa shape index (κ2) is 6.78. The number of benzene rings is 2. The molecule has 2 aromatic rings. The number of terminal acetylenes is 1. The van der Waals surface area contributed by atoms with Crippen LogP contribution in [0, 0.1) is 12.3 Å². The van der Waals surface area contributed by atoms with Gasteiger partial charge in [0.15, 0.2) is 0 Å². The van der Waals surface area contributed by atoms with Crippen LogP contribution in [-0.2, 0) is 6.54 Å². The first kappa shape index (κ1) is 13.4. The smallest absolute Gasteiger partial charge is 0.0607 e. The summed E-state index contributed by atoms with van der Waals surface area (Å²) in [6.45, 7) is 3.74. The van der Waals surface area contributed by atoms with Crippen LogP contribution in [0.5, 0.6) is 0 Å². The fourth-order valence-electron chi connectivity index (χ4n) is 2.21. The third-order valence-electron chi connectivity index (χ3n) is 3.35. The summed E-state index contributed by atoms with van der Waals surface area (Å²) in [7, 11) is 0. The van der Waals surface area contributed by atoms with Crippen molar-refractivity contribution in [2.75, 3.05) is 6.54 Å². The highest BCUT2D eigenvalue weighted by molar-refractivity contribution is 5.20. The van der Waals surface area contributed by atoms with E-state index in [2.05, 4.69) is 66.3 Å². The second-order valence-corrected chi connectivity index (χ2v) is 4.68. The van der Waals surface area contributed by atoms with Crippen molar-refractivity contribution in [2.24, 2.45) is 0 Å². The molecule has 0 heterocycles. The van der Waals surface area contributed by atoms with E-state index in [1.807, 2.05) is 12.1 Å². The average molecular weight is 249 g/mol. The molecule has 2 aromatic carbocycles. The Labute approximate surface area is 115 Å². The first-order valence-electron chi connectivity index (χ1n) is 6.57. The first-order valence-corrected chi connectivity index (χ1v) is 6.57. The molecule has 0 aliphatic carbocycles. The van der Waals surface area contributed by atoms with E-state index < -0.39 is 0 Å². The Hall–Kier alpha value is -2.04. The van der Waals surface area contributed by atoms with Gasteiger partial charge in [-0.05, 0) is 18.1 Å². The maximum absolute atomic E-state index is 5.51. The summed E-state index contributed by atoms with van der Waals surface area (Å²) in [4.78, 5) is 2.31. The Balaban J connectivity index is 2.14. The van der Waals surface area contributed by atoms with Crippen molar-refractivity contribution >= 4 is 0 Å². The van der Waals surface area contributed by atoms with Crippen LogP contribution < -0.4 is 0 Å². The third-order valence-corrected chi connectivity index (χ3v) is 3.35. The Kier molecular flexibility index (Phi) is 4.78. The highest BCUT2D eigenvalue weighted by Gasteiger charge is 2.14. The van der Waals surface area contributed by atoms with Crippen LogP contribution in [0.15, 0.2) is 60.7 Å². The largest absolute Gasteiger partial charge is 0.281 e. The molecule has 0 aliphatic rings. The van der Waals surface area contributed by atoms with Gasteiger partial charge in [-0.1, -0.05) is 66.6 Å². The molecule has 19 heavy (non-hydrogen) atoms. The minimum atomic E-state index is 0.317. The SMILES string of the molecule is C#CCN(Cc1ccccc1)[C@@H](C)c1ccccc1. The van der Waals surface area contributed by atoms with Crippen LogP contribution >= 0.6 is 0 Å². The van der Waals surface area contributed by atoms with E-state index in [0.29, 0.717) is 12.6 Å². The lowest BCUT2D eigenvalue weighted by molar-refractivity contribution is 0.229. The molecule has 96 valence electrons. The van der Waals surface area contributed by atoms with E-state index in [0.717, 1.165) is 6.54 Å². The maximum atomic E-state index is 5.51. The van der Waals surface area contributed by atoms with E-state index >= 15 is 0 Å². The van der Waals surface area contributed by atoms with Crippen LogP contribution in [0.2, 0.25) is 0 Å². The van der Waals surface area contributed by atoms with Gasteiger partial charge in [0.1, 0.15) is 0 Å². The second-order valence-electron chi connectivity index (χ2n) is 4.68. The summed E-state index contributed by atoms with van der Waals surface area (Å²) >= 11 is 0. The molecule has 0 radical (unpaired) electrons. The van der Waals surface area contributed by atoms with Crippen LogP contribution in [0.3, 0.4) is 0 Å². The van der Waals surface area contributed by atoms with Crippen LogP contribution in [-0.4, -0.2) is 11.4 Å². The minimum Gasteiger partial charge on any atom is -0.281 e. The molecular weight excluding hydrogens is 230 g/mol. The molecule has 2 rings (SSSR count). The number of hydrogen-bond acceptors (Lipinski definition) is 1. The van der Waals surface area contributed by atoms with Crippen molar-refractivity contribution in [1.29, 1.82) is 0 Å². The van der Waals surface area contributed by atoms with Gasteiger partial charge in [-0.3, -0.25) is 4.90 Å². The topological polar surface area (TPSA) is 3.24 Å². The molecule has 0 aliphatic heterocycles. The number of nitrogens with zero attached hydrogens (tertiary/aromatic N) is 1. The highest BCUT2D eigenvalue weighted by Crippen LogP contribution is 2.21. The van der Waals surface area contributed by atoms with Gasteiger partial charge in [0.25, 0.3) is 0 Å². The molecule has 0 amide bonds. The molecule has 0 aromatic heterocycles. The van der Waals surface area contributed by atoms with Crippen molar-refractivity contribution < 1.29 is 0 Å². The van der Waals surface area contributed by atoms with Gasteiger partial charge in [-0.2, -0.15) is 0 Å². The van der Waals surface area contributed by atoms with E-state index in [4.69, 9.17) is 6.42 Å². The zero-order valence-electron chi connectivity index (χ0n) is 11.3. The summed E-state index contributed by atoms with van der Waals surface area (Å²) in [6, 6.07) is 21.3. The molecule has 0 unspecified atom stereocenters. The van der Waals surface area contributed by atoms with E-state index in [9.17, 15) is 0 Å². The molecule has 1 heteroatoms. The summed E-state index contributed by atoms with van der Waals surface area (Å²) in [5, 5.41) is 0. The average Bonchev–Trinajstić information content (AvgIpc) is 2.48. The molecule has 0 fully saturated rings. The van der Waals surface area contributed by atoms with Crippen LogP contribution in [0.4, 0.5) is 0 Å². The number of rotatable bonds is 5. The summed E-state index contributed by atoms with van der Waals surface area (Å²) in [6.07, 6.45) is 5.51. The van der Waals surface area contributed by atoms with Crippen LogP contribution in [0.1, 0.15) is 24.1 Å². The minimum absolute atomic E-state index is 0.317. The summed E-state index contributed by atoms with van der Waals surface area (Å²) < 4.78 is 0. The summed E-state index contributed by atoms with van der Waals surface area (Å²) in [5.74, 6) is 2.76. The van der Waals surface area contributed by atoms with Gasteiger partial charge in [-0.25, -0.2) is 0 Å². The molecule has 0 bridgehead atoms. The van der Waals surface area contributed by atoms with E-state index in [-0.39, 0.29) is 0 Å². The Morgan fingerprint density at radius 1 is 1.00 bits per heavy atom. The first-order chi connectivity index (χ1) is 9.31. The molecule has 1 nitrogen and oxygen atoms in total. The predicted molar refractivity (Wildman–Crippen MR) is 80.5 cm³/mol. The zero-order valence-corrected chi connectivity index (χ0v) is 11.3. The monoisotopic (exact) mass is 249 g/mol. The Morgan fingerprint density at radius 3 is 2.16 bits per heavy atom. The normalized spacial score (nSPS) is 12.1. The lowest BCUT2D eigenvalue weighted by Crippen LogP contribution is -2.27. The van der Waals surface area contributed by atoms with E-state index in [1.54, 1.807) is 0 Å². The fourth-order valence-corrected chi connectivity index (χ4v) is 2.21. The predicted octanol–water partition coefficient (Wildman–Crippen LogP) is 3.88. The number of hydrogen-bond donors (Lipinski definition) is 0.